The minimum absolute atomic E-state index is 0.0542. The molecule has 0 unspecified atom stereocenters. The Hall–Kier alpha value is -2.36. The van der Waals surface area contributed by atoms with E-state index < -0.39 is 0 Å². The predicted octanol–water partition coefficient (Wildman–Crippen LogP) is 2.88. The van der Waals surface area contributed by atoms with Gasteiger partial charge in [0.2, 0.25) is 0 Å². The molecule has 4 rings (SSSR count). The molecule has 2 aliphatic heterocycles. The zero-order valence-corrected chi connectivity index (χ0v) is 12.5. The van der Waals surface area contributed by atoms with Crippen LogP contribution in [0.1, 0.15) is 28.8 Å². The van der Waals surface area contributed by atoms with Crippen LogP contribution in [0.15, 0.2) is 42.7 Å². The van der Waals surface area contributed by atoms with Crippen molar-refractivity contribution in [1.82, 2.24) is 4.98 Å². The van der Waals surface area contributed by atoms with Gasteiger partial charge in [0.25, 0.3) is 5.91 Å². The van der Waals surface area contributed by atoms with Crippen molar-refractivity contribution in [3.8, 4) is 0 Å². The highest BCUT2D eigenvalue weighted by atomic mass is 16.2. The molecular weight excluding hydrogens is 274 g/mol. The lowest BCUT2D eigenvalue weighted by atomic mass is 10.2. The van der Waals surface area contributed by atoms with Gasteiger partial charge in [-0.25, -0.2) is 0 Å². The summed E-state index contributed by atoms with van der Waals surface area (Å²) in [5.74, 6) is 0.0542. The molecule has 0 saturated carbocycles. The smallest absolute Gasteiger partial charge is 0.259 e. The van der Waals surface area contributed by atoms with E-state index in [9.17, 15) is 4.79 Å². The first-order valence-electron chi connectivity index (χ1n) is 7.93. The molecule has 0 bridgehead atoms. The molecule has 0 atom stereocenters. The number of amides is 1. The molecular formula is C18H19N3O. The van der Waals surface area contributed by atoms with Gasteiger partial charge in [-0.15, -0.1) is 0 Å². The molecule has 2 aliphatic rings. The lowest BCUT2D eigenvalue weighted by molar-refractivity contribution is 0.0989. The molecule has 0 spiro atoms. The van der Waals surface area contributed by atoms with Crippen molar-refractivity contribution in [3.05, 3.63) is 53.9 Å². The van der Waals surface area contributed by atoms with Gasteiger partial charge in [-0.1, -0.05) is 18.2 Å². The standard InChI is InChI=1S/C18H19N3O/c22-18(21-10-7-14-5-1-2-6-17(14)21)15-11-16(13-19-12-15)20-8-3-4-9-20/h1-2,5-6,11-13H,3-4,7-10H2. The van der Waals surface area contributed by atoms with Crippen LogP contribution in [0.4, 0.5) is 11.4 Å². The van der Waals surface area contributed by atoms with E-state index in [4.69, 9.17) is 0 Å². The van der Waals surface area contributed by atoms with Crippen molar-refractivity contribution in [2.75, 3.05) is 29.4 Å². The molecule has 3 heterocycles. The van der Waals surface area contributed by atoms with E-state index in [2.05, 4.69) is 16.0 Å². The summed E-state index contributed by atoms with van der Waals surface area (Å²) in [5.41, 5.74) is 4.04. The monoisotopic (exact) mass is 293 g/mol. The summed E-state index contributed by atoms with van der Waals surface area (Å²) in [7, 11) is 0. The molecule has 1 saturated heterocycles. The highest BCUT2D eigenvalue weighted by molar-refractivity contribution is 6.07. The second-order valence-corrected chi connectivity index (χ2v) is 5.96. The van der Waals surface area contributed by atoms with E-state index >= 15 is 0 Å². The largest absolute Gasteiger partial charge is 0.370 e. The second kappa shape index (κ2) is 5.44. The molecule has 4 heteroatoms. The Morgan fingerprint density at radius 2 is 1.86 bits per heavy atom. The molecule has 22 heavy (non-hydrogen) atoms. The van der Waals surface area contributed by atoms with Crippen LogP contribution in [0.25, 0.3) is 0 Å². The fraction of sp³-hybridized carbons (Fsp3) is 0.333. The summed E-state index contributed by atoms with van der Waals surface area (Å²) >= 11 is 0. The third-order valence-electron chi connectivity index (χ3n) is 4.57. The summed E-state index contributed by atoms with van der Waals surface area (Å²) in [6.45, 7) is 2.88. The van der Waals surface area contributed by atoms with Crippen LogP contribution in [-0.2, 0) is 6.42 Å². The summed E-state index contributed by atoms with van der Waals surface area (Å²) in [6, 6.07) is 10.1. The van der Waals surface area contributed by atoms with Crippen LogP contribution >= 0.6 is 0 Å². The lowest BCUT2D eigenvalue weighted by Gasteiger charge is -2.20. The van der Waals surface area contributed by atoms with E-state index in [1.165, 1.54) is 18.4 Å². The molecule has 4 nitrogen and oxygen atoms in total. The number of carbonyl (C=O) groups excluding carboxylic acids is 1. The van der Waals surface area contributed by atoms with Crippen molar-refractivity contribution in [2.24, 2.45) is 0 Å². The maximum atomic E-state index is 12.8. The van der Waals surface area contributed by atoms with Crippen LogP contribution in [0.5, 0.6) is 0 Å². The maximum Gasteiger partial charge on any atom is 0.259 e. The van der Waals surface area contributed by atoms with E-state index in [1.807, 2.05) is 35.4 Å². The molecule has 1 amide bonds. The highest BCUT2D eigenvalue weighted by Crippen LogP contribution is 2.29. The Labute approximate surface area is 130 Å². The van der Waals surface area contributed by atoms with Gasteiger partial charge in [0.1, 0.15) is 0 Å². The molecule has 0 N–H and O–H groups in total. The molecule has 0 radical (unpaired) electrons. The number of hydrogen-bond acceptors (Lipinski definition) is 3. The van der Waals surface area contributed by atoms with Crippen LogP contribution in [-0.4, -0.2) is 30.5 Å². The van der Waals surface area contributed by atoms with Gasteiger partial charge < -0.3 is 9.80 Å². The van der Waals surface area contributed by atoms with E-state index in [0.29, 0.717) is 5.56 Å². The van der Waals surface area contributed by atoms with Crippen molar-refractivity contribution >= 4 is 17.3 Å². The molecule has 0 aliphatic carbocycles. The van der Waals surface area contributed by atoms with Crippen molar-refractivity contribution in [2.45, 2.75) is 19.3 Å². The summed E-state index contributed by atoms with van der Waals surface area (Å²) in [5, 5.41) is 0. The Morgan fingerprint density at radius 3 is 2.73 bits per heavy atom. The third-order valence-corrected chi connectivity index (χ3v) is 4.57. The Kier molecular flexibility index (Phi) is 3.29. The third kappa shape index (κ3) is 2.25. The predicted molar refractivity (Wildman–Crippen MR) is 87.5 cm³/mol. The molecule has 1 aromatic carbocycles. The number of nitrogens with zero attached hydrogens (tertiary/aromatic N) is 3. The van der Waals surface area contributed by atoms with E-state index in [0.717, 1.165) is 37.4 Å². The molecule has 2 aromatic rings. The van der Waals surface area contributed by atoms with E-state index in [-0.39, 0.29) is 5.91 Å². The topological polar surface area (TPSA) is 36.4 Å². The summed E-state index contributed by atoms with van der Waals surface area (Å²) in [4.78, 5) is 21.3. The number of para-hydroxylation sites is 1. The van der Waals surface area contributed by atoms with Crippen LogP contribution in [0.2, 0.25) is 0 Å². The summed E-state index contributed by atoms with van der Waals surface area (Å²) < 4.78 is 0. The molecule has 1 fully saturated rings. The SMILES string of the molecule is O=C(c1cncc(N2CCCC2)c1)N1CCc2ccccc21. The van der Waals surface area contributed by atoms with Gasteiger partial charge in [-0.05, 0) is 37.0 Å². The maximum absolute atomic E-state index is 12.8. The molecule has 112 valence electrons. The minimum atomic E-state index is 0.0542. The first-order valence-corrected chi connectivity index (χ1v) is 7.93. The van der Waals surface area contributed by atoms with Crippen LogP contribution in [0, 0.1) is 0 Å². The number of hydrogen-bond donors (Lipinski definition) is 0. The van der Waals surface area contributed by atoms with Gasteiger partial charge in [0, 0.05) is 31.5 Å². The Balaban J connectivity index is 1.62. The number of rotatable bonds is 2. The number of fused-ring (bicyclic) bond motifs is 1. The Bertz CT molecular complexity index is 707. The Morgan fingerprint density at radius 1 is 1.05 bits per heavy atom. The first kappa shape index (κ1) is 13.3. The molecule has 1 aromatic heterocycles. The first-order chi connectivity index (χ1) is 10.8. The number of anilines is 2. The number of pyridine rings is 1. The van der Waals surface area contributed by atoms with Gasteiger partial charge in [0.15, 0.2) is 0 Å². The van der Waals surface area contributed by atoms with Crippen molar-refractivity contribution in [3.63, 3.8) is 0 Å². The van der Waals surface area contributed by atoms with Gasteiger partial charge in [-0.3, -0.25) is 9.78 Å². The number of benzene rings is 1. The summed E-state index contributed by atoms with van der Waals surface area (Å²) in [6.07, 6.45) is 6.92. The highest BCUT2D eigenvalue weighted by Gasteiger charge is 2.25. The zero-order valence-electron chi connectivity index (χ0n) is 12.5. The van der Waals surface area contributed by atoms with Crippen LogP contribution < -0.4 is 9.80 Å². The van der Waals surface area contributed by atoms with E-state index in [1.54, 1.807) is 6.20 Å². The quantitative estimate of drug-likeness (QED) is 0.854. The average molecular weight is 293 g/mol. The lowest BCUT2D eigenvalue weighted by Crippen LogP contribution is -2.29. The van der Waals surface area contributed by atoms with Gasteiger partial charge in [0.05, 0.1) is 17.4 Å². The fourth-order valence-corrected chi connectivity index (χ4v) is 3.40. The second-order valence-electron chi connectivity index (χ2n) is 5.96. The average Bonchev–Trinajstić information content (AvgIpc) is 3.24. The van der Waals surface area contributed by atoms with Crippen molar-refractivity contribution in [1.29, 1.82) is 0 Å². The van der Waals surface area contributed by atoms with Crippen LogP contribution in [0.3, 0.4) is 0 Å². The minimum Gasteiger partial charge on any atom is -0.370 e. The fourth-order valence-electron chi connectivity index (χ4n) is 3.40. The van der Waals surface area contributed by atoms with Gasteiger partial charge in [-0.2, -0.15) is 0 Å². The van der Waals surface area contributed by atoms with Crippen molar-refractivity contribution < 1.29 is 4.79 Å². The zero-order chi connectivity index (χ0) is 14.9. The number of aromatic nitrogens is 1. The van der Waals surface area contributed by atoms with Gasteiger partial charge >= 0.3 is 0 Å². The number of carbonyl (C=O) groups is 1. The normalized spacial score (nSPS) is 16.9.